The summed E-state index contributed by atoms with van der Waals surface area (Å²) in [7, 11) is 1.57. The number of carboxylic acid groups (broad SMARTS) is 1. The van der Waals surface area contributed by atoms with E-state index in [9.17, 15) is 9.59 Å². The fourth-order valence-corrected chi connectivity index (χ4v) is 1.46. The Labute approximate surface area is 106 Å². The third kappa shape index (κ3) is 3.26. The molecule has 0 aliphatic carbocycles. The SMILES string of the molecule is Cc1ncc(C(=O)N(C)C(C)(C)CC(=O)O)cn1. The quantitative estimate of drug-likeness (QED) is 0.866. The molecule has 0 bridgehead atoms. The Bertz CT molecular complexity index is 454. The molecule has 0 saturated carbocycles. The van der Waals surface area contributed by atoms with Gasteiger partial charge in [0.25, 0.3) is 5.91 Å². The van der Waals surface area contributed by atoms with Gasteiger partial charge in [-0.05, 0) is 20.8 Å². The third-order valence-electron chi connectivity index (χ3n) is 2.82. The minimum absolute atomic E-state index is 0.123. The molecule has 1 N–H and O–H groups in total. The molecule has 1 heterocycles. The summed E-state index contributed by atoms with van der Waals surface area (Å²) in [6, 6.07) is 0. The lowest BCUT2D eigenvalue weighted by Gasteiger charge is -2.34. The molecule has 98 valence electrons. The molecule has 0 saturated heterocycles. The van der Waals surface area contributed by atoms with Gasteiger partial charge in [-0.2, -0.15) is 0 Å². The van der Waals surface area contributed by atoms with Crippen LogP contribution in [0, 0.1) is 6.92 Å². The van der Waals surface area contributed by atoms with Crippen molar-refractivity contribution in [2.24, 2.45) is 0 Å². The predicted molar refractivity (Wildman–Crippen MR) is 65.2 cm³/mol. The maximum absolute atomic E-state index is 12.1. The van der Waals surface area contributed by atoms with Gasteiger partial charge >= 0.3 is 5.97 Å². The first kappa shape index (κ1) is 14.1. The van der Waals surface area contributed by atoms with E-state index >= 15 is 0 Å². The molecule has 1 amide bonds. The molecule has 0 aromatic carbocycles. The number of hydrogen-bond acceptors (Lipinski definition) is 4. The summed E-state index contributed by atoms with van der Waals surface area (Å²) in [4.78, 5) is 32.2. The first-order chi connectivity index (χ1) is 8.24. The lowest BCUT2D eigenvalue weighted by Crippen LogP contribution is -2.46. The molecule has 0 spiro atoms. The van der Waals surface area contributed by atoms with E-state index in [1.54, 1.807) is 27.8 Å². The zero-order chi connectivity index (χ0) is 13.9. The van der Waals surface area contributed by atoms with Crippen molar-refractivity contribution in [1.29, 1.82) is 0 Å². The van der Waals surface area contributed by atoms with Gasteiger partial charge in [-0.1, -0.05) is 0 Å². The standard InChI is InChI=1S/C12H17N3O3/c1-8-13-6-9(7-14-8)11(18)15(4)12(2,3)5-10(16)17/h6-7H,5H2,1-4H3,(H,16,17). The number of amides is 1. The van der Waals surface area contributed by atoms with Crippen LogP contribution in [0.1, 0.15) is 36.5 Å². The molecule has 0 atom stereocenters. The smallest absolute Gasteiger partial charge is 0.305 e. The van der Waals surface area contributed by atoms with Gasteiger partial charge in [0.15, 0.2) is 0 Å². The summed E-state index contributed by atoms with van der Waals surface area (Å²) >= 11 is 0. The molecular formula is C12H17N3O3. The largest absolute Gasteiger partial charge is 0.481 e. The van der Waals surface area contributed by atoms with Gasteiger partial charge in [0.05, 0.1) is 12.0 Å². The third-order valence-corrected chi connectivity index (χ3v) is 2.82. The minimum Gasteiger partial charge on any atom is -0.481 e. The summed E-state index contributed by atoms with van der Waals surface area (Å²) in [5.41, 5.74) is -0.421. The highest BCUT2D eigenvalue weighted by Crippen LogP contribution is 2.19. The van der Waals surface area contributed by atoms with Crippen LogP contribution in [0.3, 0.4) is 0 Å². The van der Waals surface area contributed by atoms with Gasteiger partial charge in [-0.25, -0.2) is 9.97 Å². The van der Waals surface area contributed by atoms with Crippen molar-refractivity contribution < 1.29 is 14.7 Å². The molecule has 18 heavy (non-hydrogen) atoms. The van der Waals surface area contributed by atoms with Crippen LogP contribution in [-0.4, -0.2) is 44.4 Å². The number of hydrogen-bond donors (Lipinski definition) is 1. The fourth-order valence-electron chi connectivity index (χ4n) is 1.46. The number of aliphatic carboxylic acids is 1. The van der Waals surface area contributed by atoms with Gasteiger partial charge in [-0.3, -0.25) is 9.59 Å². The summed E-state index contributed by atoms with van der Waals surface area (Å²) in [6.45, 7) is 5.13. The van der Waals surface area contributed by atoms with Crippen LogP contribution in [0.4, 0.5) is 0 Å². The van der Waals surface area contributed by atoms with Gasteiger partial charge in [0, 0.05) is 25.0 Å². The predicted octanol–water partition coefficient (Wildman–Crippen LogP) is 1.11. The summed E-state index contributed by atoms with van der Waals surface area (Å²) < 4.78 is 0. The van der Waals surface area contributed by atoms with Crippen LogP contribution in [0.5, 0.6) is 0 Å². The Morgan fingerprint density at radius 2 is 1.83 bits per heavy atom. The topological polar surface area (TPSA) is 83.4 Å². The van der Waals surface area contributed by atoms with Crippen molar-refractivity contribution in [2.45, 2.75) is 32.7 Å². The Morgan fingerprint density at radius 1 is 1.33 bits per heavy atom. The maximum atomic E-state index is 12.1. The van der Waals surface area contributed by atoms with Gasteiger partial charge in [0.1, 0.15) is 5.82 Å². The van der Waals surface area contributed by atoms with Crippen molar-refractivity contribution in [1.82, 2.24) is 14.9 Å². The number of aromatic nitrogens is 2. The summed E-state index contributed by atoms with van der Waals surface area (Å²) in [5.74, 6) is -0.653. The van der Waals surface area contributed by atoms with E-state index in [-0.39, 0.29) is 12.3 Å². The Balaban J connectivity index is 2.89. The lowest BCUT2D eigenvalue weighted by molar-refractivity contribution is -0.139. The van der Waals surface area contributed by atoms with Crippen molar-refractivity contribution in [2.75, 3.05) is 7.05 Å². The molecule has 0 aliphatic rings. The van der Waals surface area contributed by atoms with E-state index in [0.717, 1.165) is 0 Å². The molecule has 6 heteroatoms. The van der Waals surface area contributed by atoms with Crippen LogP contribution in [0.25, 0.3) is 0 Å². The van der Waals surface area contributed by atoms with Crippen LogP contribution >= 0.6 is 0 Å². The van der Waals surface area contributed by atoms with Crippen LogP contribution in [0.2, 0.25) is 0 Å². The normalized spacial score (nSPS) is 11.1. The molecule has 1 rings (SSSR count). The molecule has 1 aromatic rings. The number of carboxylic acids is 1. The molecular weight excluding hydrogens is 234 g/mol. The first-order valence-electron chi connectivity index (χ1n) is 5.52. The van der Waals surface area contributed by atoms with Crippen molar-refractivity contribution in [3.8, 4) is 0 Å². The highest BCUT2D eigenvalue weighted by Gasteiger charge is 2.30. The lowest BCUT2D eigenvalue weighted by atomic mass is 9.98. The zero-order valence-electron chi connectivity index (χ0n) is 11.0. The fraction of sp³-hybridized carbons (Fsp3) is 0.500. The zero-order valence-corrected chi connectivity index (χ0v) is 11.0. The number of nitrogens with zero attached hydrogens (tertiary/aromatic N) is 3. The van der Waals surface area contributed by atoms with E-state index in [0.29, 0.717) is 11.4 Å². The van der Waals surface area contributed by atoms with E-state index < -0.39 is 11.5 Å². The Kier molecular flexibility index (Phi) is 4.00. The van der Waals surface area contributed by atoms with Crippen LogP contribution < -0.4 is 0 Å². The number of rotatable bonds is 4. The molecule has 0 fully saturated rings. The molecule has 6 nitrogen and oxygen atoms in total. The molecule has 0 aliphatic heterocycles. The molecule has 0 radical (unpaired) electrons. The minimum atomic E-state index is -0.945. The van der Waals surface area contributed by atoms with Crippen LogP contribution in [-0.2, 0) is 4.79 Å². The van der Waals surface area contributed by atoms with Crippen molar-refractivity contribution >= 4 is 11.9 Å². The Hall–Kier alpha value is -1.98. The second kappa shape index (κ2) is 5.12. The van der Waals surface area contributed by atoms with Crippen molar-refractivity contribution in [3.05, 3.63) is 23.8 Å². The highest BCUT2D eigenvalue weighted by atomic mass is 16.4. The van der Waals surface area contributed by atoms with E-state index in [1.165, 1.54) is 17.3 Å². The molecule has 1 aromatic heterocycles. The van der Waals surface area contributed by atoms with Gasteiger partial charge in [-0.15, -0.1) is 0 Å². The first-order valence-corrected chi connectivity index (χ1v) is 5.52. The van der Waals surface area contributed by atoms with E-state index in [2.05, 4.69) is 9.97 Å². The summed E-state index contributed by atoms with van der Waals surface area (Å²) in [6.07, 6.45) is 2.76. The highest BCUT2D eigenvalue weighted by molar-refractivity contribution is 5.94. The maximum Gasteiger partial charge on any atom is 0.305 e. The van der Waals surface area contributed by atoms with Gasteiger partial charge in [0.2, 0.25) is 0 Å². The number of aryl methyl sites for hydroxylation is 1. The molecule has 0 unspecified atom stereocenters. The second-order valence-corrected chi connectivity index (χ2v) is 4.77. The number of carbonyl (C=O) groups excluding carboxylic acids is 1. The summed E-state index contributed by atoms with van der Waals surface area (Å²) in [5, 5.41) is 8.82. The average Bonchev–Trinajstić information content (AvgIpc) is 2.26. The van der Waals surface area contributed by atoms with Gasteiger partial charge < -0.3 is 10.0 Å². The van der Waals surface area contributed by atoms with E-state index in [4.69, 9.17) is 5.11 Å². The number of carbonyl (C=O) groups is 2. The Morgan fingerprint density at radius 3 is 2.28 bits per heavy atom. The van der Waals surface area contributed by atoms with E-state index in [1.807, 2.05) is 0 Å². The average molecular weight is 251 g/mol. The van der Waals surface area contributed by atoms with Crippen molar-refractivity contribution in [3.63, 3.8) is 0 Å². The second-order valence-electron chi connectivity index (χ2n) is 4.77. The monoisotopic (exact) mass is 251 g/mol. The van der Waals surface area contributed by atoms with Crippen LogP contribution in [0.15, 0.2) is 12.4 Å².